The molecule has 0 bridgehead atoms. The average molecular weight is 494 g/mol. The molecule has 0 saturated heterocycles. The molecule has 1 atom stereocenters. The Kier molecular flexibility index (Phi) is 9.91. The number of para-hydroxylation sites is 1. The van der Waals surface area contributed by atoms with Crippen molar-refractivity contribution in [2.45, 2.75) is 51.5 Å². The number of ether oxygens (including phenoxy) is 1. The van der Waals surface area contributed by atoms with E-state index in [4.69, 9.17) is 4.74 Å². The standard InChI is InChI=1S/C29H39N3O4/c1-22-14-6-7-15-23(22)27(33)30(2)20-12-10-17-25-29(35)31(3)19-11-5-13-21-36-26-18-9-8-16-24(26)28(34)32(25)4/h6-9,14-16,18,25H,5,10-13,17,19-21H2,1-4H3/t25-/m0/s1. The first-order chi connectivity index (χ1) is 17.3. The summed E-state index contributed by atoms with van der Waals surface area (Å²) < 4.78 is 5.92. The molecule has 194 valence electrons. The van der Waals surface area contributed by atoms with Crippen molar-refractivity contribution in [2.24, 2.45) is 0 Å². The van der Waals surface area contributed by atoms with E-state index in [1.807, 2.05) is 56.4 Å². The average Bonchev–Trinajstić information content (AvgIpc) is 2.89. The van der Waals surface area contributed by atoms with Crippen LogP contribution in [0.25, 0.3) is 0 Å². The van der Waals surface area contributed by atoms with Gasteiger partial charge in [0.15, 0.2) is 0 Å². The van der Waals surface area contributed by atoms with E-state index in [0.29, 0.717) is 49.4 Å². The van der Waals surface area contributed by atoms with Crippen molar-refractivity contribution in [1.29, 1.82) is 0 Å². The Morgan fingerprint density at radius 3 is 2.50 bits per heavy atom. The van der Waals surface area contributed by atoms with Gasteiger partial charge in [0.2, 0.25) is 5.91 Å². The molecule has 7 heteroatoms. The van der Waals surface area contributed by atoms with E-state index in [2.05, 4.69) is 0 Å². The Labute approximate surface area is 215 Å². The van der Waals surface area contributed by atoms with Gasteiger partial charge >= 0.3 is 0 Å². The van der Waals surface area contributed by atoms with E-state index in [1.54, 1.807) is 34.9 Å². The van der Waals surface area contributed by atoms with Crippen LogP contribution in [0.1, 0.15) is 64.8 Å². The van der Waals surface area contributed by atoms with Gasteiger partial charge < -0.3 is 19.4 Å². The number of benzene rings is 2. The maximum Gasteiger partial charge on any atom is 0.258 e. The number of amides is 3. The maximum absolute atomic E-state index is 13.4. The Hall–Kier alpha value is -3.35. The molecular formula is C29H39N3O4. The van der Waals surface area contributed by atoms with Crippen LogP contribution in [0.3, 0.4) is 0 Å². The van der Waals surface area contributed by atoms with Gasteiger partial charge in [-0.2, -0.15) is 0 Å². The molecule has 3 rings (SSSR count). The Morgan fingerprint density at radius 1 is 1.00 bits per heavy atom. The van der Waals surface area contributed by atoms with Crippen molar-refractivity contribution in [3.05, 3.63) is 65.2 Å². The lowest BCUT2D eigenvalue weighted by Gasteiger charge is -2.31. The molecular weight excluding hydrogens is 454 g/mol. The van der Waals surface area contributed by atoms with Crippen molar-refractivity contribution in [1.82, 2.24) is 14.7 Å². The van der Waals surface area contributed by atoms with Crippen molar-refractivity contribution in [3.8, 4) is 5.75 Å². The molecule has 0 radical (unpaired) electrons. The summed E-state index contributed by atoms with van der Waals surface area (Å²) in [6, 6.07) is 14.2. The molecule has 3 amide bonds. The smallest absolute Gasteiger partial charge is 0.258 e. The Bertz CT molecular complexity index is 1050. The lowest BCUT2D eigenvalue weighted by molar-refractivity contribution is -0.134. The molecule has 2 aromatic rings. The molecule has 1 heterocycles. The highest BCUT2D eigenvalue weighted by atomic mass is 16.5. The summed E-state index contributed by atoms with van der Waals surface area (Å²) in [4.78, 5) is 44.7. The van der Waals surface area contributed by atoms with Crippen molar-refractivity contribution in [2.75, 3.05) is 40.8 Å². The number of carbonyl (C=O) groups excluding carboxylic acids is 3. The van der Waals surface area contributed by atoms with Crippen molar-refractivity contribution < 1.29 is 19.1 Å². The Morgan fingerprint density at radius 2 is 1.72 bits per heavy atom. The minimum absolute atomic E-state index is 0.00474. The van der Waals surface area contributed by atoms with Crippen LogP contribution in [0.4, 0.5) is 0 Å². The Balaban J connectivity index is 1.69. The van der Waals surface area contributed by atoms with E-state index in [1.165, 1.54) is 0 Å². The molecule has 0 spiro atoms. The highest BCUT2D eigenvalue weighted by Crippen LogP contribution is 2.23. The van der Waals surface area contributed by atoms with E-state index in [-0.39, 0.29) is 17.7 Å². The number of aryl methyl sites for hydroxylation is 1. The number of unbranched alkanes of at least 4 members (excludes halogenated alkanes) is 1. The summed E-state index contributed by atoms with van der Waals surface area (Å²) >= 11 is 0. The molecule has 7 nitrogen and oxygen atoms in total. The van der Waals surface area contributed by atoms with Crippen LogP contribution in [0.2, 0.25) is 0 Å². The first-order valence-electron chi connectivity index (χ1n) is 12.9. The summed E-state index contributed by atoms with van der Waals surface area (Å²) in [5.74, 6) is 0.288. The lowest BCUT2D eigenvalue weighted by atomic mass is 10.0. The molecule has 36 heavy (non-hydrogen) atoms. The topological polar surface area (TPSA) is 70.2 Å². The monoisotopic (exact) mass is 493 g/mol. The zero-order valence-electron chi connectivity index (χ0n) is 22.0. The largest absolute Gasteiger partial charge is 0.493 e. The van der Waals surface area contributed by atoms with Crippen LogP contribution < -0.4 is 4.74 Å². The number of carbonyl (C=O) groups is 3. The SMILES string of the molecule is Cc1ccccc1C(=O)N(C)CCCC[C@H]1C(=O)N(C)CCCCCOc2ccccc2C(=O)N1C. The summed E-state index contributed by atoms with van der Waals surface area (Å²) in [6.45, 7) is 3.71. The second-order valence-corrected chi connectivity index (χ2v) is 9.63. The minimum atomic E-state index is -0.575. The summed E-state index contributed by atoms with van der Waals surface area (Å²) in [6.07, 6.45) is 4.70. The van der Waals surface area contributed by atoms with Gasteiger partial charge in [-0.15, -0.1) is 0 Å². The first kappa shape index (κ1) is 27.2. The van der Waals surface area contributed by atoms with E-state index >= 15 is 0 Å². The van der Waals surface area contributed by atoms with E-state index < -0.39 is 6.04 Å². The molecule has 0 saturated carbocycles. The predicted molar refractivity (Wildman–Crippen MR) is 141 cm³/mol. The molecule has 0 N–H and O–H groups in total. The van der Waals surface area contributed by atoms with Gasteiger partial charge in [0, 0.05) is 39.8 Å². The fourth-order valence-electron chi connectivity index (χ4n) is 4.56. The minimum Gasteiger partial charge on any atom is -0.493 e. The van der Waals surface area contributed by atoms with E-state index in [0.717, 1.165) is 31.2 Å². The second-order valence-electron chi connectivity index (χ2n) is 9.63. The van der Waals surface area contributed by atoms with Gasteiger partial charge in [-0.05, 0) is 69.2 Å². The van der Waals surface area contributed by atoms with Crippen molar-refractivity contribution in [3.63, 3.8) is 0 Å². The van der Waals surface area contributed by atoms with Crippen LogP contribution in [0, 0.1) is 6.92 Å². The normalized spacial score (nSPS) is 17.4. The van der Waals surface area contributed by atoms with Crippen molar-refractivity contribution >= 4 is 17.7 Å². The quantitative estimate of drug-likeness (QED) is 0.560. The maximum atomic E-state index is 13.4. The first-order valence-corrected chi connectivity index (χ1v) is 12.9. The lowest BCUT2D eigenvalue weighted by Crippen LogP contribution is -2.48. The van der Waals surface area contributed by atoms with Gasteiger partial charge in [0.25, 0.3) is 11.8 Å². The zero-order chi connectivity index (χ0) is 26.1. The molecule has 0 aromatic heterocycles. The van der Waals surface area contributed by atoms with Gasteiger partial charge in [-0.1, -0.05) is 30.3 Å². The molecule has 0 fully saturated rings. The van der Waals surface area contributed by atoms with Gasteiger partial charge in [0.05, 0.1) is 12.2 Å². The molecule has 0 aliphatic carbocycles. The number of hydrogen-bond donors (Lipinski definition) is 0. The van der Waals surface area contributed by atoms with Gasteiger partial charge in [-0.25, -0.2) is 0 Å². The van der Waals surface area contributed by atoms with Crippen LogP contribution in [-0.2, 0) is 4.79 Å². The predicted octanol–water partition coefficient (Wildman–Crippen LogP) is 4.40. The summed E-state index contributed by atoms with van der Waals surface area (Å²) in [5, 5.41) is 0. The number of fused-ring (bicyclic) bond motifs is 1. The van der Waals surface area contributed by atoms with Crippen LogP contribution >= 0.6 is 0 Å². The van der Waals surface area contributed by atoms with Crippen LogP contribution in [-0.4, -0.2) is 79.3 Å². The van der Waals surface area contributed by atoms with Gasteiger partial charge in [0.1, 0.15) is 11.8 Å². The molecule has 0 unspecified atom stereocenters. The fourth-order valence-corrected chi connectivity index (χ4v) is 4.56. The second kappa shape index (κ2) is 13.1. The van der Waals surface area contributed by atoms with Gasteiger partial charge in [-0.3, -0.25) is 14.4 Å². The molecule has 1 aliphatic heterocycles. The highest BCUT2D eigenvalue weighted by molar-refractivity contribution is 5.99. The van der Waals surface area contributed by atoms with Crippen LogP contribution in [0.15, 0.2) is 48.5 Å². The van der Waals surface area contributed by atoms with Crippen LogP contribution in [0.5, 0.6) is 5.75 Å². The number of likely N-dealkylation sites (N-methyl/N-ethyl adjacent to an activating group) is 2. The number of rotatable bonds is 6. The molecule has 1 aliphatic rings. The summed E-state index contributed by atoms with van der Waals surface area (Å²) in [5.41, 5.74) is 2.14. The van der Waals surface area contributed by atoms with E-state index in [9.17, 15) is 14.4 Å². The zero-order valence-corrected chi connectivity index (χ0v) is 22.0. The fraction of sp³-hybridized carbons (Fsp3) is 0.483. The number of hydrogen-bond acceptors (Lipinski definition) is 4. The third-order valence-corrected chi connectivity index (χ3v) is 6.91. The summed E-state index contributed by atoms with van der Waals surface area (Å²) in [7, 11) is 5.31. The third-order valence-electron chi connectivity index (χ3n) is 6.91. The third kappa shape index (κ3) is 6.86. The molecule has 2 aromatic carbocycles. The number of nitrogens with zero attached hydrogens (tertiary/aromatic N) is 3. The highest BCUT2D eigenvalue weighted by Gasteiger charge is 2.31.